The average Bonchev–Trinajstić information content (AvgIpc) is 3.67. The van der Waals surface area contributed by atoms with Crippen LogP contribution in [0, 0.1) is 6.92 Å². The largest absolute Gasteiger partial charge is 0.497 e. The van der Waals surface area contributed by atoms with Crippen LogP contribution in [0.1, 0.15) is 54.1 Å². The zero-order valence-corrected chi connectivity index (χ0v) is 24.7. The van der Waals surface area contributed by atoms with Crippen LogP contribution in [0.25, 0.3) is 16.9 Å². The molecule has 8 nitrogen and oxygen atoms in total. The second kappa shape index (κ2) is 13.0. The molecule has 2 amide bonds. The Hall–Kier alpha value is -4.43. The lowest BCUT2D eigenvalue weighted by Gasteiger charge is -2.25. The van der Waals surface area contributed by atoms with Gasteiger partial charge in [-0.05, 0) is 79.3 Å². The van der Waals surface area contributed by atoms with Crippen molar-refractivity contribution in [2.24, 2.45) is 0 Å². The van der Waals surface area contributed by atoms with Crippen LogP contribution >= 0.6 is 0 Å². The van der Waals surface area contributed by atoms with Gasteiger partial charge < -0.3 is 14.4 Å². The second-order valence-corrected chi connectivity index (χ2v) is 11.0. The third-order valence-corrected chi connectivity index (χ3v) is 7.63. The summed E-state index contributed by atoms with van der Waals surface area (Å²) >= 11 is 0. The smallest absolute Gasteiger partial charge is 0.254 e. The van der Waals surface area contributed by atoms with Gasteiger partial charge in [-0.3, -0.25) is 19.5 Å². The van der Waals surface area contributed by atoms with Gasteiger partial charge in [-0.25, -0.2) is 4.98 Å². The Balaban J connectivity index is 1.43. The summed E-state index contributed by atoms with van der Waals surface area (Å²) < 4.78 is 13.0. The van der Waals surface area contributed by atoms with Gasteiger partial charge in [0.15, 0.2) is 0 Å². The zero-order chi connectivity index (χ0) is 29.6. The molecule has 1 atom stereocenters. The Morgan fingerprint density at radius 3 is 2.45 bits per heavy atom. The Morgan fingerprint density at radius 2 is 1.81 bits per heavy atom. The maximum Gasteiger partial charge on any atom is 0.254 e. The molecule has 1 saturated heterocycles. The van der Waals surface area contributed by atoms with Crippen molar-refractivity contribution in [2.45, 2.75) is 45.6 Å². The van der Waals surface area contributed by atoms with Crippen LogP contribution in [0.3, 0.4) is 0 Å². The molecule has 1 aliphatic rings. The molecule has 0 radical (unpaired) electrons. The van der Waals surface area contributed by atoms with Crippen molar-refractivity contribution >= 4 is 17.8 Å². The molecule has 3 aromatic carbocycles. The first-order valence-corrected chi connectivity index (χ1v) is 14.4. The van der Waals surface area contributed by atoms with Gasteiger partial charge in [0.05, 0.1) is 18.9 Å². The van der Waals surface area contributed by atoms with Gasteiger partial charge in [-0.2, -0.15) is 0 Å². The van der Waals surface area contributed by atoms with Crippen molar-refractivity contribution in [1.29, 1.82) is 0 Å². The average molecular weight is 567 g/mol. The first kappa shape index (κ1) is 29.1. The van der Waals surface area contributed by atoms with Crippen molar-refractivity contribution < 1.29 is 19.1 Å². The number of aromatic nitrogens is 2. The fourth-order valence-electron chi connectivity index (χ4n) is 5.16. The first-order valence-electron chi connectivity index (χ1n) is 14.4. The number of amides is 2. The summed E-state index contributed by atoms with van der Waals surface area (Å²) in [5.41, 5.74) is 5.13. The van der Waals surface area contributed by atoms with Gasteiger partial charge in [-0.15, -0.1) is 0 Å². The van der Waals surface area contributed by atoms with E-state index in [0.717, 1.165) is 35.4 Å². The molecule has 8 heteroatoms. The van der Waals surface area contributed by atoms with Crippen LogP contribution in [-0.4, -0.2) is 59.2 Å². The van der Waals surface area contributed by atoms with E-state index in [9.17, 15) is 9.59 Å². The Morgan fingerprint density at radius 1 is 1.07 bits per heavy atom. The monoisotopic (exact) mass is 566 g/mol. The molecule has 0 spiro atoms. The molecule has 1 fully saturated rings. The summed E-state index contributed by atoms with van der Waals surface area (Å²) in [5, 5.41) is 2.99. The second-order valence-electron chi connectivity index (χ2n) is 11.0. The number of imidazole rings is 1. The number of ether oxygens (including phenoxy) is 2. The normalized spacial score (nSPS) is 14.6. The molecule has 1 aromatic heterocycles. The van der Waals surface area contributed by atoms with Gasteiger partial charge in [0.1, 0.15) is 12.3 Å². The third-order valence-electron chi connectivity index (χ3n) is 7.63. The van der Waals surface area contributed by atoms with Crippen LogP contribution in [0.5, 0.6) is 5.75 Å². The van der Waals surface area contributed by atoms with E-state index >= 15 is 0 Å². The Kier molecular flexibility index (Phi) is 9.03. The van der Waals surface area contributed by atoms with E-state index in [2.05, 4.69) is 31.3 Å². The summed E-state index contributed by atoms with van der Waals surface area (Å²) in [5.74, 6) is 1.01. The first-order chi connectivity index (χ1) is 20.3. The minimum absolute atomic E-state index is 0.0890. The minimum Gasteiger partial charge on any atom is -0.497 e. The maximum atomic E-state index is 13.6. The predicted octanol–water partition coefficient (Wildman–Crippen LogP) is 6.24. The topological polar surface area (TPSA) is 85.7 Å². The lowest BCUT2D eigenvalue weighted by atomic mass is 10.0. The third kappa shape index (κ3) is 6.71. The standard InChI is InChI=1S/C34H38N4O4/c1-23(2)25-11-15-27(16-12-25)38-21-31(26-13-17-28(41-4)18-14-26)35-34(38)36-32(39)22-37(20-29-9-7-19-42-29)33(40)30-10-6-5-8-24(30)3/h5-6,8,10-18,21,23,29H,7,9,19-20,22H2,1-4H3,(H,35,36,39)/t29-/m0/s1. The quantitative estimate of drug-likeness (QED) is 0.246. The molecular formula is C34H38N4O4. The van der Waals surface area contributed by atoms with Crippen LogP contribution < -0.4 is 10.1 Å². The number of methoxy groups -OCH3 is 1. The summed E-state index contributed by atoms with van der Waals surface area (Å²) in [4.78, 5) is 33.6. The highest BCUT2D eigenvalue weighted by molar-refractivity contribution is 6.00. The highest BCUT2D eigenvalue weighted by Gasteiger charge is 2.26. The van der Waals surface area contributed by atoms with Crippen molar-refractivity contribution in [2.75, 3.05) is 32.1 Å². The number of nitrogens with zero attached hydrogens (tertiary/aromatic N) is 3. The maximum absolute atomic E-state index is 13.6. The fraction of sp³-hybridized carbons (Fsp3) is 0.324. The molecule has 4 aromatic rings. The van der Waals surface area contributed by atoms with Gasteiger partial charge in [0.2, 0.25) is 11.9 Å². The van der Waals surface area contributed by atoms with Crippen LogP contribution in [-0.2, 0) is 9.53 Å². The van der Waals surface area contributed by atoms with Crippen LogP contribution in [0.4, 0.5) is 5.95 Å². The number of anilines is 1. The SMILES string of the molecule is COc1ccc(-c2cn(-c3ccc(C(C)C)cc3)c(NC(=O)CN(C[C@@H]3CCCO3)C(=O)c3ccccc3C)n2)cc1. The molecule has 1 aliphatic heterocycles. The lowest BCUT2D eigenvalue weighted by molar-refractivity contribution is -0.117. The molecule has 0 bridgehead atoms. The number of benzene rings is 3. The summed E-state index contributed by atoms with van der Waals surface area (Å²) in [6.07, 6.45) is 3.63. The van der Waals surface area contributed by atoms with Gasteiger partial charge in [0.25, 0.3) is 5.91 Å². The molecular weight excluding hydrogens is 528 g/mol. The van der Waals surface area contributed by atoms with E-state index in [1.165, 1.54) is 5.56 Å². The van der Waals surface area contributed by atoms with Crippen LogP contribution in [0.2, 0.25) is 0 Å². The summed E-state index contributed by atoms with van der Waals surface area (Å²) in [6, 6.07) is 23.3. The van der Waals surface area contributed by atoms with Crippen molar-refractivity contribution in [3.8, 4) is 22.7 Å². The van der Waals surface area contributed by atoms with Gasteiger partial charge >= 0.3 is 0 Å². The fourth-order valence-corrected chi connectivity index (χ4v) is 5.16. The summed E-state index contributed by atoms with van der Waals surface area (Å²) in [6.45, 7) is 7.11. The Bertz CT molecular complexity index is 1520. The van der Waals surface area contributed by atoms with E-state index in [1.54, 1.807) is 18.1 Å². The molecule has 1 N–H and O–H groups in total. The molecule has 0 aliphatic carbocycles. The van der Waals surface area contributed by atoms with E-state index in [0.29, 0.717) is 36.3 Å². The van der Waals surface area contributed by atoms with Crippen molar-refractivity contribution in [3.05, 3.63) is 95.7 Å². The number of rotatable bonds is 10. The zero-order valence-electron chi connectivity index (χ0n) is 24.7. The van der Waals surface area contributed by atoms with E-state index in [1.807, 2.05) is 72.3 Å². The lowest BCUT2D eigenvalue weighted by Crippen LogP contribution is -2.42. The molecule has 2 heterocycles. The number of carbonyl (C=O) groups is 2. The number of aryl methyl sites for hydroxylation is 1. The number of carbonyl (C=O) groups excluding carboxylic acids is 2. The predicted molar refractivity (Wildman–Crippen MR) is 164 cm³/mol. The molecule has 0 saturated carbocycles. The molecule has 42 heavy (non-hydrogen) atoms. The van der Waals surface area contributed by atoms with Crippen LogP contribution in [0.15, 0.2) is 79.0 Å². The number of hydrogen-bond acceptors (Lipinski definition) is 5. The van der Waals surface area contributed by atoms with Gasteiger partial charge in [-0.1, -0.05) is 44.2 Å². The highest BCUT2D eigenvalue weighted by Crippen LogP contribution is 2.27. The van der Waals surface area contributed by atoms with Crippen molar-refractivity contribution in [3.63, 3.8) is 0 Å². The van der Waals surface area contributed by atoms with Gasteiger partial charge in [0, 0.05) is 36.2 Å². The number of hydrogen-bond donors (Lipinski definition) is 1. The minimum atomic E-state index is -0.332. The Labute approximate surface area is 247 Å². The molecule has 218 valence electrons. The van der Waals surface area contributed by atoms with Crippen molar-refractivity contribution in [1.82, 2.24) is 14.5 Å². The summed E-state index contributed by atoms with van der Waals surface area (Å²) in [7, 11) is 1.63. The van der Waals surface area contributed by atoms with E-state index in [4.69, 9.17) is 14.5 Å². The number of nitrogens with one attached hydrogen (secondary N) is 1. The molecule has 0 unspecified atom stereocenters. The van der Waals surface area contributed by atoms with E-state index < -0.39 is 0 Å². The van der Waals surface area contributed by atoms with E-state index in [-0.39, 0.29) is 24.5 Å². The molecule has 5 rings (SSSR count). The highest BCUT2D eigenvalue weighted by atomic mass is 16.5.